The van der Waals surface area contributed by atoms with Crippen LogP contribution in [0.15, 0.2) is 65.6 Å². The highest BCUT2D eigenvalue weighted by Gasteiger charge is 2.23. The molecular weight excluding hydrogens is 460 g/mol. The second-order valence-electron chi connectivity index (χ2n) is 7.81. The second-order valence-corrected chi connectivity index (χ2v) is 8.69. The van der Waals surface area contributed by atoms with Gasteiger partial charge in [-0.1, -0.05) is 68.7 Å². The zero-order valence-electron chi connectivity index (χ0n) is 19.9. The Morgan fingerprint density at radius 1 is 1.06 bits per heavy atom. The summed E-state index contributed by atoms with van der Waals surface area (Å²) in [6.45, 7) is 2.83. The van der Waals surface area contributed by atoms with Crippen LogP contribution < -0.4 is 10.1 Å². The standard InChI is InChI=1S/C28H28N2O4S/c1-3-4-5-9-16-34-23-14-12-20(13-15-23)17-22(18-29)26(31)30-27-25(28(32)33-2)24(19-35-27)21-10-7-6-8-11-21/h6-8,10-15,17,19H,3-5,9,16H2,1-2H3,(H,30,31)/b22-17+. The molecule has 0 fully saturated rings. The van der Waals surface area contributed by atoms with Crippen molar-refractivity contribution in [1.82, 2.24) is 0 Å². The topological polar surface area (TPSA) is 88.4 Å². The van der Waals surface area contributed by atoms with Crippen LogP contribution in [0.25, 0.3) is 17.2 Å². The van der Waals surface area contributed by atoms with Crippen LogP contribution in [0.1, 0.15) is 48.5 Å². The minimum atomic E-state index is -0.602. The molecule has 0 aliphatic rings. The molecule has 1 heterocycles. The van der Waals surface area contributed by atoms with E-state index in [1.807, 2.05) is 48.5 Å². The predicted octanol–water partition coefficient (Wildman–Crippen LogP) is 6.71. The van der Waals surface area contributed by atoms with Gasteiger partial charge in [0.25, 0.3) is 5.91 Å². The monoisotopic (exact) mass is 488 g/mol. The number of hydrogen-bond acceptors (Lipinski definition) is 6. The normalized spacial score (nSPS) is 10.9. The minimum Gasteiger partial charge on any atom is -0.494 e. The van der Waals surface area contributed by atoms with Gasteiger partial charge in [-0.15, -0.1) is 11.3 Å². The molecule has 3 rings (SSSR count). The number of anilines is 1. The number of esters is 1. The van der Waals surface area contributed by atoms with Gasteiger partial charge >= 0.3 is 5.97 Å². The third-order valence-electron chi connectivity index (χ3n) is 5.32. The van der Waals surface area contributed by atoms with Crippen molar-refractivity contribution < 1.29 is 19.1 Å². The Kier molecular flexibility index (Phi) is 9.64. The SMILES string of the molecule is CCCCCCOc1ccc(/C=C(\C#N)C(=O)Nc2scc(-c3ccccc3)c2C(=O)OC)cc1. The van der Waals surface area contributed by atoms with Crippen LogP contribution in [0.4, 0.5) is 5.00 Å². The smallest absolute Gasteiger partial charge is 0.341 e. The van der Waals surface area contributed by atoms with Crippen molar-refractivity contribution >= 4 is 34.3 Å². The highest BCUT2D eigenvalue weighted by Crippen LogP contribution is 2.36. The van der Waals surface area contributed by atoms with E-state index in [0.29, 0.717) is 22.7 Å². The van der Waals surface area contributed by atoms with Gasteiger partial charge in [-0.05, 0) is 35.8 Å². The maximum absolute atomic E-state index is 12.9. The lowest BCUT2D eigenvalue weighted by molar-refractivity contribution is -0.112. The van der Waals surface area contributed by atoms with Crippen molar-refractivity contribution in [1.29, 1.82) is 5.26 Å². The number of methoxy groups -OCH3 is 1. The molecule has 0 radical (unpaired) electrons. The first-order valence-electron chi connectivity index (χ1n) is 11.5. The summed E-state index contributed by atoms with van der Waals surface area (Å²) >= 11 is 1.21. The van der Waals surface area contributed by atoms with E-state index in [1.165, 1.54) is 37.4 Å². The Hall–Kier alpha value is -3.89. The zero-order valence-corrected chi connectivity index (χ0v) is 20.7. The number of ether oxygens (including phenoxy) is 2. The second kappa shape index (κ2) is 13.1. The van der Waals surface area contributed by atoms with E-state index in [4.69, 9.17) is 9.47 Å². The molecule has 3 aromatic rings. The predicted molar refractivity (Wildman–Crippen MR) is 139 cm³/mol. The third-order valence-corrected chi connectivity index (χ3v) is 6.21. The van der Waals surface area contributed by atoms with E-state index in [-0.39, 0.29) is 11.1 Å². The molecule has 35 heavy (non-hydrogen) atoms. The highest BCUT2D eigenvalue weighted by molar-refractivity contribution is 7.15. The Bertz CT molecular complexity index is 1210. The van der Waals surface area contributed by atoms with E-state index in [1.54, 1.807) is 17.5 Å². The number of nitrogens with one attached hydrogen (secondary N) is 1. The lowest BCUT2D eigenvalue weighted by Gasteiger charge is -2.08. The van der Waals surface area contributed by atoms with E-state index in [9.17, 15) is 14.9 Å². The average Bonchev–Trinajstić information content (AvgIpc) is 3.31. The Morgan fingerprint density at radius 2 is 1.80 bits per heavy atom. The quantitative estimate of drug-likeness (QED) is 0.140. The number of nitrogens with zero attached hydrogens (tertiary/aromatic N) is 1. The molecule has 0 atom stereocenters. The summed E-state index contributed by atoms with van der Waals surface area (Å²) in [7, 11) is 1.29. The number of rotatable bonds is 11. The summed E-state index contributed by atoms with van der Waals surface area (Å²) in [6.07, 6.45) is 6.04. The van der Waals surface area contributed by atoms with E-state index in [2.05, 4.69) is 12.2 Å². The lowest BCUT2D eigenvalue weighted by atomic mass is 10.0. The van der Waals surface area contributed by atoms with Crippen LogP contribution in [0.3, 0.4) is 0 Å². The van der Waals surface area contributed by atoms with Crippen LogP contribution in [0, 0.1) is 11.3 Å². The molecule has 0 aliphatic carbocycles. The number of carbonyl (C=O) groups is 2. The fourth-order valence-corrected chi connectivity index (χ4v) is 4.40. The van der Waals surface area contributed by atoms with Crippen molar-refractivity contribution in [3.8, 4) is 22.9 Å². The molecule has 180 valence electrons. The molecule has 0 spiro atoms. The summed E-state index contributed by atoms with van der Waals surface area (Å²) in [6, 6.07) is 18.5. The van der Waals surface area contributed by atoms with E-state index in [0.717, 1.165) is 24.2 Å². The van der Waals surface area contributed by atoms with E-state index >= 15 is 0 Å². The van der Waals surface area contributed by atoms with Crippen molar-refractivity contribution in [2.75, 3.05) is 19.0 Å². The van der Waals surface area contributed by atoms with Crippen LogP contribution in [0.5, 0.6) is 5.75 Å². The van der Waals surface area contributed by atoms with Crippen LogP contribution >= 0.6 is 11.3 Å². The highest BCUT2D eigenvalue weighted by atomic mass is 32.1. The summed E-state index contributed by atoms with van der Waals surface area (Å²) in [4.78, 5) is 25.4. The molecule has 7 heteroatoms. The van der Waals surface area contributed by atoms with Crippen LogP contribution in [0.2, 0.25) is 0 Å². The molecule has 0 bridgehead atoms. The Labute approximate surface area is 209 Å². The van der Waals surface area contributed by atoms with Gasteiger partial charge in [0.1, 0.15) is 28.0 Å². The number of nitriles is 1. The van der Waals surface area contributed by atoms with Gasteiger partial charge in [0.15, 0.2) is 0 Å². The minimum absolute atomic E-state index is 0.0799. The first-order chi connectivity index (χ1) is 17.1. The van der Waals surface area contributed by atoms with Gasteiger partial charge in [-0.25, -0.2) is 4.79 Å². The molecule has 0 aliphatic heterocycles. The summed E-state index contributed by atoms with van der Waals surface area (Å²) in [5.74, 6) is -0.417. The maximum atomic E-state index is 12.9. The third kappa shape index (κ3) is 7.05. The average molecular weight is 489 g/mol. The van der Waals surface area contributed by atoms with Gasteiger partial charge in [0.2, 0.25) is 0 Å². The lowest BCUT2D eigenvalue weighted by Crippen LogP contribution is -2.15. The molecule has 0 saturated carbocycles. The Morgan fingerprint density at radius 3 is 2.46 bits per heavy atom. The first-order valence-corrected chi connectivity index (χ1v) is 12.4. The van der Waals surface area contributed by atoms with Gasteiger partial charge in [0, 0.05) is 10.9 Å². The summed E-state index contributed by atoms with van der Waals surface area (Å²) in [5.41, 5.74) is 2.36. The summed E-state index contributed by atoms with van der Waals surface area (Å²) in [5, 5.41) is 14.4. The Balaban J connectivity index is 1.73. The number of hydrogen-bond donors (Lipinski definition) is 1. The van der Waals surface area contributed by atoms with Gasteiger partial charge in [0.05, 0.1) is 13.7 Å². The zero-order chi connectivity index (χ0) is 25.0. The van der Waals surface area contributed by atoms with Gasteiger partial charge < -0.3 is 14.8 Å². The molecule has 1 amide bonds. The molecule has 0 unspecified atom stereocenters. The number of thiophene rings is 1. The number of benzene rings is 2. The molecule has 1 aromatic heterocycles. The van der Waals surface area contributed by atoms with Crippen molar-refractivity contribution in [3.05, 3.63) is 76.7 Å². The maximum Gasteiger partial charge on any atom is 0.341 e. The molecule has 1 N–H and O–H groups in total. The fourth-order valence-electron chi connectivity index (χ4n) is 3.45. The molecule has 0 saturated heterocycles. The van der Waals surface area contributed by atoms with Crippen LogP contribution in [-0.2, 0) is 9.53 Å². The summed E-state index contributed by atoms with van der Waals surface area (Å²) < 4.78 is 10.7. The van der Waals surface area contributed by atoms with E-state index < -0.39 is 11.9 Å². The largest absolute Gasteiger partial charge is 0.494 e. The number of carbonyl (C=O) groups excluding carboxylic acids is 2. The van der Waals surface area contributed by atoms with Crippen molar-refractivity contribution in [2.24, 2.45) is 0 Å². The molecule has 6 nitrogen and oxygen atoms in total. The van der Waals surface area contributed by atoms with Gasteiger partial charge in [-0.3, -0.25) is 4.79 Å². The first kappa shape index (κ1) is 25.7. The molecular formula is C28H28N2O4S. The van der Waals surface area contributed by atoms with Crippen molar-refractivity contribution in [3.63, 3.8) is 0 Å². The molecule has 2 aromatic carbocycles. The van der Waals surface area contributed by atoms with Crippen LogP contribution in [-0.4, -0.2) is 25.6 Å². The van der Waals surface area contributed by atoms with Gasteiger partial charge in [-0.2, -0.15) is 5.26 Å². The number of unbranched alkanes of at least 4 members (excludes halogenated alkanes) is 3. The number of amides is 1. The van der Waals surface area contributed by atoms with Crippen molar-refractivity contribution in [2.45, 2.75) is 32.6 Å². The fraction of sp³-hybridized carbons (Fsp3) is 0.250.